The Morgan fingerprint density at radius 2 is 1.72 bits per heavy atom. The van der Waals surface area contributed by atoms with E-state index in [1.807, 2.05) is 34.9 Å². The molecule has 4 rings (SSSR count). The minimum Gasteiger partial charge on any atom is -0.324 e. The van der Waals surface area contributed by atoms with Crippen LogP contribution in [0.25, 0.3) is 5.69 Å². The number of hydrogen-bond donors (Lipinski definition) is 1. The van der Waals surface area contributed by atoms with Gasteiger partial charge in [-0.15, -0.1) is 10.2 Å². The third-order valence-corrected chi connectivity index (χ3v) is 6.30. The van der Waals surface area contributed by atoms with Gasteiger partial charge in [-0.05, 0) is 42.0 Å². The Morgan fingerprint density at radius 3 is 2.47 bits per heavy atom. The van der Waals surface area contributed by atoms with Gasteiger partial charge >= 0.3 is 0 Å². The van der Waals surface area contributed by atoms with Crippen molar-refractivity contribution in [3.8, 4) is 5.69 Å². The van der Waals surface area contributed by atoms with Crippen molar-refractivity contribution in [1.82, 2.24) is 14.8 Å². The van der Waals surface area contributed by atoms with Gasteiger partial charge in [-0.25, -0.2) is 4.39 Å². The maximum Gasteiger partial charge on any atom is 0.234 e. The van der Waals surface area contributed by atoms with Crippen LogP contribution in [0.5, 0.6) is 0 Å². The molecule has 3 aromatic carbocycles. The van der Waals surface area contributed by atoms with E-state index in [-0.39, 0.29) is 22.5 Å². The van der Waals surface area contributed by atoms with Crippen molar-refractivity contribution in [3.63, 3.8) is 0 Å². The summed E-state index contributed by atoms with van der Waals surface area (Å²) in [6.07, 6.45) is 0.538. The van der Waals surface area contributed by atoms with E-state index in [2.05, 4.69) is 15.5 Å². The fourth-order valence-electron chi connectivity index (χ4n) is 3.05. The van der Waals surface area contributed by atoms with Gasteiger partial charge in [0.2, 0.25) is 5.91 Å². The van der Waals surface area contributed by atoms with E-state index in [1.165, 1.54) is 23.9 Å². The number of thioether (sulfide) groups is 1. The normalized spacial score (nSPS) is 10.8. The second-order valence-electron chi connectivity index (χ2n) is 6.81. The maximum absolute atomic E-state index is 13.5. The molecule has 1 heterocycles. The van der Waals surface area contributed by atoms with Crippen LogP contribution in [0.2, 0.25) is 10.0 Å². The van der Waals surface area contributed by atoms with Crippen LogP contribution in [-0.2, 0) is 11.2 Å². The van der Waals surface area contributed by atoms with Crippen LogP contribution in [0.3, 0.4) is 0 Å². The van der Waals surface area contributed by atoms with Crippen LogP contribution in [0, 0.1) is 5.82 Å². The number of anilines is 1. The number of nitrogens with zero attached hydrogens (tertiary/aromatic N) is 3. The lowest BCUT2D eigenvalue weighted by Gasteiger charge is -2.11. The summed E-state index contributed by atoms with van der Waals surface area (Å²) in [4.78, 5) is 12.5. The number of hydrogen-bond acceptors (Lipinski definition) is 4. The fraction of sp³-hybridized carbons (Fsp3) is 0.0870. The molecule has 0 saturated carbocycles. The number of carbonyl (C=O) groups excluding carboxylic acids is 1. The molecule has 0 aliphatic heterocycles. The van der Waals surface area contributed by atoms with Gasteiger partial charge in [-0.2, -0.15) is 0 Å². The van der Waals surface area contributed by atoms with Gasteiger partial charge in [0.05, 0.1) is 21.5 Å². The Kier molecular flexibility index (Phi) is 7.09. The molecule has 32 heavy (non-hydrogen) atoms. The number of aromatic nitrogens is 3. The van der Waals surface area contributed by atoms with Crippen molar-refractivity contribution < 1.29 is 9.18 Å². The molecule has 0 atom stereocenters. The van der Waals surface area contributed by atoms with Crippen LogP contribution in [-0.4, -0.2) is 26.4 Å². The summed E-state index contributed by atoms with van der Waals surface area (Å²) in [6, 6.07) is 20.9. The summed E-state index contributed by atoms with van der Waals surface area (Å²) >= 11 is 13.4. The molecular formula is C23H17Cl2FN4OS. The summed E-state index contributed by atoms with van der Waals surface area (Å²) in [5.74, 6) is 0.160. The lowest BCUT2D eigenvalue weighted by atomic mass is 10.1. The summed E-state index contributed by atoms with van der Waals surface area (Å²) in [7, 11) is 0. The van der Waals surface area contributed by atoms with Crippen LogP contribution in [0.15, 0.2) is 78.0 Å². The highest BCUT2D eigenvalue weighted by Crippen LogP contribution is 2.30. The lowest BCUT2D eigenvalue weighted by molar-refractivity contribution is -0.113. The Hall–Kier alpha value is -2.87. The van der Waals surface area contributed by atoms with E-state index in [9.17, 15) is 9.18 Å². The summed E-state index contributed by atoms with van der Waals surface area (Å²) in [5, 5.41) is 12.5. The maximum atomic E-state index is 13.5. The zero-order valence-electron chi connectivity index (χ0n) is 16.6. The second kappa shape index (κ2) is 10.2. The van der Waals surface area contributed by atoms with Gasteiger partial charge < -0.3 is 5.32 Å². The summed E-state index contributed by atoms with van der Waals surface area (Å²) < 4.78 is 15.3. The van der Waals surface area contributed by atoms with E-state index in [0.717, 1.165) is 5.56 Å². The van der Waals surface area contributed by atoms with Gasteiger partial charge in [-0.1, -0.05) is 71.4 Å². The van der Waals surface area contributed by atoms with Gasteiger partial charge in [0.25, 0.3) is 0 Å². The van der Waals surface area contributed by atoms with Crippen molar-refractivity contribution in [2.75, 3.05) is 11.1 Å². The third kappa shape index (κ3) is 5.30. The first-order valence-corrected chi connectivity index (χ1v) is 11.4. The van der Waals surface area contributed by atoms with Crippen molar-refractivity contribution in [1.29, 1.82) is 0 Å². The smallest absolute Gasteiger partial charge is 0.234 e. The molecule has 0 radical (unpaired) electrons. The number of benzene rings is 3. The quantitative estimate of drug-likeness (QED) is 0.323. The summed E-state index contributed by atoms with van der Waals surface area (Å²) in [5.41, 5.74) is 2.21. The second-order valence-corrected chi connectivity index (χ2v) is 8.54. The van der Waals surface area contributed by atoms with E-state index in [0.29, 0.717) is 33.8 Å². The molecule has 0 saturated heterocycles. The first-order valence-electron chi connectivity index (χ1n) is 9.62. The van der Waals surface area contributed by atoms with Gasteiger partial charge in [-0.3, -0.25) is 9.36 Å². The van der Waals surface area contributed by atoms with Crippen LogP contribution in [0.4, 0.5) is 10.1 Å². The molecule has 1 amide bonds. The molecule has 0 bridgehead atoms. The average molecular weight is 487 g/mol. The molecule has 1 aromatic heterocycles. The average Bonchev–Trinajstić information content (AvgIpc) is 3.19. The number of carbonyl (C=O) groups is 1. The molecule has 0 aliphatic rings. The molecule has 5 nitrogen and oxygen atoms in total. The number of amides is 1. The van der Waals surface area contributed by atoms with E-state index >= 15 is 0 Å². The van der Waals surface area contributed by atoms with Crippen LogP contribution < -0.4 is 5.32 Å². The van der Waals surface area contributed by atoms with Crippen molar-refractivity contribution in [3.05, 3.63) is 100 Å². The predicted octanol–water partition coefficient (Wildman–Crippen LogP) is 6.03. The Balaban J connectivity index is 1.55. The monoisotopic (exact) mass is 486 g/mol. The topological polar surface area (TPSA) is 59.8 Å². The molecule has 0 unspecified atom stereocenters. The number of halogens is 3. The zero-order chi connectivity index (χ0) is 22.5. The predicted molar refractivity (Wildman–Crippen MR) is 126 cm³/mol. The summed E-state index contributed by atoms with van der Waals surface area (Å²) in [6.45, 7) is 0. The highest BCUT2D eigenvalue weighted by atomic mass is 35.5. The molecule has 0 aliphatic carbocycles. The van der Waals surface area contributed by atoms with Crippen molar-refractivity contribution in [2.24, 2.45) is 0 Å². The zero-order valence-corrected chi connectivity index (χ0v) is 19.0. The standard InChI is InChI=1S/C23H17Cl2FN4OS/c24-18-7-4-8-19(22(18)25)27-21(31)14-32-23-29-28-20(13-15-5-2-1-3-6-15)30(23)17-11-9-16(26)10-12-17/h1-12H,13-14H2,(H,27,31). The number of nitrogens with one attached hydrogen (secondary N) is 1. The molecular weight excluding hydrogens is 470 g/mol. The van der Waals surface area contributed by atoms with Gasteiger partial charge in [0.1, 0.15) is 11.6 Å². The van der Waals surface area contributed by atoms with Gasteiger partial charge in [0, 0.05) is 12.1 Å². The highest BCUT2D eigenvalue weighted by molar-refractivity contribution is 7.99. The molecule has 9 heteroatoms. The lowest BCUT2D eigenvalue weighted by Crippen LogP contribution is -2.15. The molecule has 0 fully saturated rings. The van der Waals surface area contributed by atoms with Crippen molar-refractivity contribution >= 4 is 46.6 Å². The Bertz CT molecular complexity index is 1230. The minimum atomic E-state index is -0.335. The van der Waals surface area contributed by atoms with Crippen molar-refractivity contribution in [2.45, 2.75) is 11.6 Å². The first kappa shape index (κ1) is 22.3. The van der Waals surface area contributed by atoms with Crippen LogP contribution >= 0.6 is 35.0 Å². The van der Waals surface area contributed by atoms with Crippen LogP contribution in [0.1, 0.15) is 11.4 Å². The Labute approximate surface area is 198 Å². The van der Waals surface area contributed by atoms with Gasteiger partial charge in [0.15, 0.2) is 5.16 Å². The SMILES string of the molecule is O=C(CSc1nnc(Cc2ccccc2)n1-c1ccc(F)cc1)Nc1cccc(Cl)c1Cl. The number of rotatable bonds is 7. The minimum absolute atomic E-state index is 0.0769. The third-order valence-electron chi connectivity index (χ3n) is 4.55. The fourth-order valence-corrected chi connectivity index (χ4v) is 4.17. The first-order chi connectivity index (χ1) is 15.5. The molecule has 162 valence electrons. The highest BCUT2D eigenvalue weighted by Gasteiger charge is 2.17. The Morgan fingerprint density at radius 1 is 0.969 bits per heavy atom. The van der Waals surface area contributed by atoms with E-state index in [4.69, 9.17) is 23.2 Å². The van der Waals surface area contributed by atoms with E-state index in [1.54, 1.807) is 30.3 Å². The molecule has 4 aromatic rings. The molecule has 1 N–H and O–H groups in total. The van der Waals surface area contributed by atoms with E-state index < -0.39 is 0 Å². The molecule has 0 spiro atoms. The largest absolute Gasteiger partial charge is 0.324 e.